The summed E-state index contributed by atoms with van der Waals surface area (Å²) in [7, 11) is 2.03. The maximum atomic E-state index is 4.70. The predicted molar refractivity (Wildman–Crippen MR) is 87.0 cm³/mol. The molecule has 4 unspecified atom stereocenters. The summed E-state index contributed by atoms with van der Waals surface area (Å²) < 4.78 is 1.95. The number of hydrogen-bond acceptors (Lipinski definition) is 2. The minimum atomic E-state index is 0.467. The lowest BCUT2D eigenvalue weighted by atomic mass is 9.66. The zero-order valence-corrected chi connectivity index (χ0v) is 13.7. The van der Waals surface area contributed by atoms with E-state index in [0.717, 1.165) is 24.3 Å². The van der Waals surface area contributed by atoms with E-state index in [1.54, 1.807) is 0 Å². The van der Waals surface area contributed by atoms with E-state index in [2.05, 4.69) is 24.5 Å². The molecule has 1 aromatic heterocycles. The second kappa shape index (κ2) is 6.95. The van der Waals surface area contributed by atoms with Crippen LogP contribution in [0.2, 0.25) is 0 Å². The number of aromatic nitrogens is 2. The van der Waals surface area contributed by atoms with Crippen LogP contribution < -0.4 is 5.32 Å². The molecule has 2 saturated carbocycles. The Hall–Kier alpha value is -0.830. The zero-order valence-electron chi connectivity index (χ0n) is 13.7. The Labute approximate surface area is 129 Å². The summed E-state index contributed by atoms with van der Waals surface area (Å²) in [6.07, 6.45) is 13.4. The van der Waals surface area contributed by atoms with Crippen LogP contribution in [-0.2, 0) is 7.05 Å². The van der Waals surface area contributed by atoms with Crippen LogP contribution in [0.15, 0.2) is 12.3 Å². The minimum Gasteiger partial charge on any atom is -0.308 e. The highest BCUT2D eigenvalue weighted by Gasteiger charge is 2.36. The van der Waals surface area contributed by atoms with Gasteiger partial charge in [-0.3, -0.25) is 4.68 Å². The van der Waals surface area contributed by atoms with Crippen molar-refractivity contribution >= 4 is 0 Å². The van der Waals surface area contributed by atoms with Crippen molar-refractivity contribution in [3.05, 3.63) is 18.0 Å². The van der Waals surface area contributed by atoms with Gasteiger partial charge in [0.15, 0.2) is 0 Å². The summed E-state index contributed by atoms with van der Waals surface area (Å²) in [6, 6.07) is 2.68. The quantitative estimate of drug-likeness (QED) is 0.885. The van der Waals surface area contributed by atoms with Gasteiger partial charge in [0.25, 0.3) is 0 Å². The van der Waals surface area contributed by atoms with Crippen molar-refractivity contribution in [1.82, 2.24) is 15.1 Å². The Morgan fingerprint density at radius 2 is 2.05 bits per heavy atom. The summed E-state index contributed by atoms with van der Waals surface area (Å²) in [5.74, 6) is 2.81. The van der Waals surface area contributed by atoms with E-state index in [0.29, 0.717) is 6.04 Å². The first-order valence-electron chi connectivity index (χ1n) is 9.01. The molecule has 21 heavy (non-hydrogen) atoms. The van der Waals surface area contributed by atoms with Gasteiger partial charge in [-0.05, 0) is 56.0 Å². The van der Waals surface area contributed by atoms with Crippen molar-refractivity contribution < 1.29 is 0 Å². The van der Waals surface area contributed by atoms with Crippen LogP contribution in [0.3, 0.4) is 0 Å². The Balaban J connectivity index is 1.70. The van der Waals surface area contributed by atoms with E-state index in [4.69, 9.17) is 5.10 Å². The molecule has 3 heteroatoms. The SMILES string of the molecule is CCCNC(c1ccn(C)n1)C1CCC2CCCCC2C1. The second-order valence-corrected chi connectivity index (χ2v) is 7.22. The van der Waals surface area contributed by atoms with E-state index < -0.39 is 0 Å². The molecule has 3 rings (SSSR count). The van der Waals surface area contributed by atoms with Crippen LogP contribution in [0.5, 0.6) is 0 Å². The van der Waals surface area contributed by atoms with E-state index in [9.17, 15) is 0 Å². The molecule has 2 aliphatic carbocycles. The maximum absolute atomic E-state index is 4.70. The van der Waals surface area contributed by atoms with Gasteiger partial charge < -0.3 is 5.32 Å². The van der Waals surface area contributed by atoms with E-state index in [1.807, 2.05) is 11.7 Å². The van der Waals surface area contributed by atoms with Crippen molar-refractivity contribution in [2.24, 2.45) is 24.8 Å². The first kappa shape index (κ1) is 15.1. The number of nitrogens with one attached hydrogen (secondary N) is 1. The Bertz CT molecular complexity index is 439. The van der Waals surface area contributed by atoms with Crippen LogP contribution in [0.1, 0.15) is 70.0 Å². The fourth-order valence-corrected chi connectivity index (χ4v) is 4.62. The van der Waals surface area contributed by atoms with E-state index >= 15 is 0 Å². The molecule has 2 fully saturated rings. The van der Waals surface area contributed by atoms with Gasteiger partial charge in [0, 0.05) is 13.2 Å². The third-order valence-electron chi connectivity index (χ3n) is 5.72. The maximum Gasteiger partial charge on any atom is 0.0796 e. The molecule has 0 amide bonds. The molecule has 0 saturated heterocycles. The van der Waals surface area contributed by atoms with Gasteiger partial charge in [-0.15, -0.1) is 0 Å². The number of nitrogens with zero attached hydrogens (tertiary/aromatic N) is 2. The third-order valence-corrected chi connectivity index (χ3v) is 5.72. The molecule has 0 aliphatic heterocycles. The number of hydrogen-bond donors (Lipinski definition) is 1. The fraction of sp³-hybridized carbons (Fsp3) is 0.833. The molecule has 0 spiro atoms. The summed E-state index contributed by atoms with van der Waals surface area (Å²) in [6.45, 7) is 3.35. The standard InChI is InChI=1S/C18H31N3/c1-3-11-19-18(17-10-12-21(2)20-17)16-9-8-14-6-4-5-7-15(14)13-16/h10,12,14-16,18-19H,3-9,11,13H2,1-2H3. The van der Waals surface area contributed by atoms with Gasteiger partial charge >= 0.3 is 0 Å². The molecule has 4 atom stereocenters. The van der Waals surface area contributed by atoms with Crippen molar-refractivity contribution in [3.8, 4) is 0 Å². The van der Waals surface area contributed by atoms with Gasteiger partial charge in [0.2, 0.25) is 0 Å². The highest BCUT2D eigenvalue weighted by Crippen LogP contribution is 2.45. The summed E-state index contributed by atoms with van der Waals surface area (Å²) in [5.41, 5.74) is 1.25. The van der Waals surface area contributed by atoms with Crippen LogP contribution in [0.4, 0.5) is 0 Å². The van der Waals surface area contributed by atoms with E-state index in [-0.39, 0.29) is 0 Å². The minimum absolute atomic E-state index is 0.467. The number of fused-ring (bicyclic) bond motifs is 1. The molecule has 0 radical (unpaired) electrons. The fourth-order valence-electron chi connectivity index (χ4n) is 4.62. The molecule has 0 bridgehead atoms. The van der Waals surface area contributed by atoms with Crippen molar-refractivity contribution in [1.29, 1.82) is 0 Å². The first-order chi connectivity index (χ1) is 10.3. The Morgan fingerprint density at radius 1 is 1.24 bits per heavy atom. The lowest BCUT2D eigenvalue weighted by Crippen LogP contribution is -2.36. The van der Waals surface area contributed by atoms with Crippen LogP contribution in [-0.4, -0.2) is 16.3 Å². The molecule has 2 aliphatic rings. The zero-order chi connectivity index (χ0) is 14.7. The summed E-state index contributed by atoms with van der Waals surface area (Å²) in [5, 5.41) is 8.49. The largest absolute Gasteiger partial charge is 0.308 e. The van der Waals surface area contributed by atoms with Crippen LogP contribution >= 0.6 is 0 Å². The van der Waals surface area contributed by atoms with Gasteiger partial charge in [-0.2, -0.15) is 5.10 Å². The van der Waals surface area contributed by atoms with Crippen LogP contribution in [0, 0.1) is 17.8 Å². The monoisotopic (exact) mass is 289 g/mol. The molecule has 118 valence electrons. The second-order valence-electron chi connectivity index (χ2n) is 7.22. The molecule has 3 nitrogen and oxygen atoms in total. The van der Waals surface area contributed by atoms with Crippen molar-refractivity contribution in [2.75, 3.05) is 6.54 Å². The Kier molecular flexibility index (Phi) is 4.99. The van der Waals surface area contributed by atoms with Gasteiger partial charge in [-0.25, -0.2) is 0 Å². The summed E-state index contributed by atoms with van der Waals surface area (Å²) >= 11 is 0. The van der Waals surface area contributed by atoms with E-state index in [1.165, 1.54) is 57.1 Å². The Morgan fingerprint density at radius 3 is 2.76 bits per heavy atom. The topological polar surface area (TPSA) is 29.9 Å². The molecule has 1 aromatic rings. The average Bonchev–Trinajstić information content (AvgIpc) is 2.94. The highest BCUT2D eigenvalue weighted by molar-refractivity contribution is 5.08. The van der Waals surface area contributed by atoms with Gasteiger partial charge in [0.05, 0.1) is 11.7 Å². The average molecular weight is 289 g/mol. The molecule has 1 heterocycles. The molecular formula is C18H31N3. The van der Waals surface area contributed by atoms with Crippen molar-refractivity contribution in [2.45, 2.75) is 64.3 Å². The lowest BCUT2D eigenvalue weighted by molar-refractivity contribution is 0.108. The normalized spacial score (nSPS) is 30.9. The molecular weight excluding hydrogens is 258 g/mol. The third kappa shape index (κ3) is 3.50. The predicted octanol–water partition coefficient (Wildman–Crippen LogP) is 4.07. The van der Waals surface area contributed by atoms with Gasteiger partial charge in [0.1, 0.15) is 0 Å². The highest BCUT2D eigenvalue weighted by atomic mass is 15.3. The molecule has 0 aromatic carbocycles. The summed E-state index contributed by atoms with van der Waals surface area (Å²) in [4.78, 5) is 0. The van der Waals surface area contributed by atoms with Crippen molar-refractivity contribution in [3.63, 3.8) is 0 Å². The number of rotatable bonds is 5. The molecule has 1 N–H and O–H groups in total. The lowest BCUT2D eigenvalue weighted by Gasteiger charge is -2.41. The first-order valence-corrected chi connectivity index (χ1v) is 9.01. The smallest absolute Gasteiger partial charge is 0.0796 e. The van der Waals surface area contributed by atoms with Crippen LogP contribution in [0.25, 0.3) is 0 Å². The number of aryl methyl sites for hydroxylation is 1. The van der Waals surface area contributed by atoms with Gasteiger partial charge in [-0.1, -0.05) is 32.6 Å².